The Bertz CT molecular complexity index is 1860. The molecule has 0 atom stereocenters. The van der Waals surface area contributed by atoms with Gasteiger partial charge in [-0.2, -0.15) is 8.42 Å². The number of hydrogen-bond acceptors (Lipinski definition) is 6. The van der Waals surface area contributed by atoms with Crippen LogP contribution in [0.2, 0.25) is 0 Å². The highest BCUT2D eigenvalue weighted by atomic mass is 32.2. The number of aromatic amines is 1. The number of aromatic nitrogens is 2. The maximum atomic E-state index is 13.5. The summed E-state index contributed by atoms with van der Waals surface area (Å²) in [5, 5.41) is 22.5. The number of nitrogens with one attached hydrogen (secondary N) is 1. The van der Waals surface area contributed by atoms with Gasteiger partial charge in [0.25, 0.3) is 15.7 Å². The van der Waals surface area contributed by atoms with Crippen LogP contribution >= 0.6 is 0 Å². The van der Waals surface area contributed by atoms with Gasteiger partial charge in [-0.3, -0.25) is 14.4 Å². The van der Waals surface area contributed by atoms with Crippen molar-refractivity contribution in [1.29, 1.82) is 0 Å². The monoisotopic (exact) mass is 514 g/mol. The van der Waals surface area contributed by atoms with Crippen LogP contribution in [0.15, 0.2) is 98.8 Å². The van der Waals surface area contributed by atoms with Crippen molar-refractivity contribution in [2.45, 2.75) is 18.7 Å². The van der Waals surface area contributed by atoms with Crippen molar-refractivity contribution in [1.82, 2.24) is 9.78 Å². The third-order valence-corrected chi connectivity index (χ3v) is 7.06. The fourth-order valence-electron chi connectivity index (χ4n) is 4.10. The molecule has 1 aromatic heterocycles. The summed E-state index contributed by atoms with van der Waals surface area (Å²) in [5.74, 6) is -0.513. The van der Waals surface area contributed by atoms with Crippen LogP contribution in [-0.4, -0.2) is 27.9 Å². The quantitative estimate of drug-likeness (QED) is 0.196. The van der Waals surface area contributed by atoms with Crippen LogP contribution in [0.25, 0.3) is 27.7 Å². The Morgan fingerprint density at radius 2 is 1.46 bits per heavy atom. The van der Waals surface area contributed by atoms with E-state index in [0.717, 1.165) is 17.2 Å². The molecular weight excluding hydrogens is 492 g/mol. The molecule has 0 aliphatic rings. The summed E-state index contributed by atoms with van der Waals surface area (Å²) in [5.41, 5.74) is 3.35. The SMILES string of the molecule is Cc1ccc(-n2[nH]c(-c3ccccc3)c(N=Nc3c(O)cc(S(=O)(=O)O)c4ccccc34)c2=O)cc1C. The molecule has 9 nitrogen and oxygen atoms in total. The number of nitrogens with zero attached hydrogens (tertiary/aromatic N) is 3. The van der Waals surface area contributed by atoms with Gasteiger partial charge < -0.3 is 5.11 Å². The van der Waals surface area contributed by atoms with E-state index in [0.29, 0.717) is 16.9 Å². The average molecular weight is 515 g/mol. The van der Waals surface area contributed by atoms with Gasteiger partial charge in [-0.05, 0) is 37.1 Å². The summed E-state index contributed by atoms with van der Waals surface area (Å²) in [6.45, 7) is 3.94. The zero-order valence-electron chi connectivity index (χ0n) is 19.9. The number of benzene rings is 4. The van der Waals surface area contributed by atoms with Crippen LogP contribution in [0.3, 0.4) is 0 Å². The Kier molecular flexibility index (Phi) is 5.98. The average Bonchev–Trinajstić information content (AvgIpc) is 3.20. The fourth-order valence-corrected chi connectivity index (χ4v) is 4.82. The molecule has 0 fully saturated rings. The van der Waals surface area contributed by atoms with Crippen LogP contribution in [0.5, 0.6) is 5.75 Å². The number of azo groups is 1. The number of aryl methyl sites for hydroxylation is 2. The van der Waals surface area contributed by atoms with Crippen molar-refractivity contribution in [3.8, 4) is 22.7 Å². The lowest BCUT2D eigenvalue weighted by Crippen LogP contribution is -2.14. The van der Waals surface area contributed by atoms with Crippen molar-refractivity contribution >= 4 is 32.3 Å². The predicted molar refractivity (Wildman–Crippen MR) is 141 cm³/mol. The highest BCUT2D eigenvalue weighted by molar-refractivity contribution is 7.86. The zero-order chi connectivity index (χ0) is 26.3. The molecule has 0 saturated heterocycles. The number of aromatic hydroxyl groups is 1. The van der Waals surface area contributed by atoms with Gasteiger partial charge in [-0.25, -0.2) is 4.68 Å². The Labute approximate surface area is 212 Å². The summed E-state index contributed by atoms with van der Waals surface area (Å²) in [6.07, 6.45) is 0. The molecule has 0 amide bonds. The van der Waals surface area contributed by atoms with Crippen LogP contribution in [0.1, 0.15) is 11.1 Å². The van der Waals surface area contributed by atoms with E-state index in [1.165, 1.54) is 10.7 Å². The van der Waals surface area contributed by atoms with Crippen LogP contribution < -0.4 is 5.56 Å². The molecule has 0 spiro atoms. The smallest absolute Gasteiger partial charge is 0.299 e. The third kappa shape index (κ3) is 4.44. The van der Waals surface area contributed by atoms with Crippen molar-refractivity contribution in [3.05, 3.63) is 100 Å². The normalized spacial score (nSPS) is 12.0. The largest absolute Gasteiger partial charge is 0.506 e. The topological polar surface area (TPSA) is 137 Å². The van der Waals surface area contributed by atoms with E-state index >= 15 is 0 Å². The molecular formula is C27H22N4O5S. The maximum absolute atomic E-state index is 13.5. The van der Waals surface area contributed by atoms with E-state index < -0.39 is 26.3 Å². The lowest BCUT2D eigenvalue weighted by molar-refractivity contribution is 0.468. The first-order valence-corrected chi connectivity index (χ1v) is 12.7. The first kappa shape index (κ1) is 24.2. The second kappa shape index (κ2) is 9.16. The Hall–Kier alpha value is -4.54. The van der Waals surface area contributed by atoms with Gasteiger partial charge in [0.05, 0.1) is 11.4 Å². The molecule has 0 saturated carbocycles. The minimum Gasteiger partial charge on any atom is -0.506 e. The molecule has 4 aromatic carbocycles. The Balaban J connectivity index is 1.72. The summed E-state index contributed by atoms with van der Waals surface area (Å²) in [6, 6.07) is 21.9. The molecule has 1 heterocycles. The van der Waals surface area contributed by atoms with Gasteiger partial charge in [-0.15, -0.1) is 10.2 Å². The number of phenolic OH excluding ortho intramolecular Hbond substituents is 1. The molecule has 37 heavy (non-hydrogen) atoms. The number of hydrogen-bond donors (Lipinski definition) is 3. The molecule has 5 aromatic rings. The number of phenols is 1. The van der Waals surface area contributed by atoms with Gasteiger partial charge in [0.1, 0.15) is 16.3 Å². The van der Waals surface area contributed by atoms with E-state index in [9.17, 15) is 22.9 Å². The van der Waals surface area contributed by atoms with Gasteiger partial charge >= 0.3 is 0 Å². The molecule has 0 radical (unpaired) electrons. The lowest BCUT2D eigenvalue weighted by Gasteiger charge is -2.08. The summed E-state index contributed by atoms with van der Waals surface area (Å²) >= 11 is 0. The lowest BCUT2D eigenvalue weighted by atomic mass is 10.1. The maximum Gasteiger partial charge on any atom is 0.299 e. The zero-order valence-corrected chi connectivity index (χ0v) is 20.7. The highest BCUT2D eigenvalue weighted by Crippen LogP contribution is 2.40. The highest BCUT2D eigenvalue weighted by Gasteiger charge is 2.21. The second-order valence-corrected chi connectivity index (χ2v) is 9.96. The number of fused-ring (bicyclic) bond motifs is 1. The molecule has 3 N–H and O–H groups in total. The van der Waals surface area contributed by atoms with Crippen molar-refractivity contribution in [2.24, 2.45) is 10.2 Å². The predicted octanol–water partition coefficient (Wildman–Crippen LogP) is 5.97. The molecule has 0 unspecified atom stereocenters. The second-order valence-electron chi connectivity index (χ2n) is 8.57. The number of rotatable bonds is 5. The summed E-state index contributed by atoms with van der Waals surface area (Å²) in [4.78, 5) is 13.1. The van der Waals surface area contributed by atoms with E-state index in [-0.39, 0.29) is 22.1 Å². The van der Waals surface area contributed by atoms with Crippen molar-refractivity contribution in [3.63, 3.8) is 0 Å². The minimum atomic E-state index is -4.61. The third-order valence-electron chi connectivity index (χ3n) is 6.16. The fraction of sp³-hybridized carbons (Fsp3) is 0.0741. The van der Waals surface area contributed by atoms with Crippen LogP contribution in [-0.2, 0) is 10.1 Å². The van der Waals surface area contributed by atoms with Gasteiger partial charge in [-0.1, -0.05) is 60.7 Å². The molecule has 186 valence electrons. The first-order valence-electron chi connectivity index (χ1n) is 11.3. The Morgan fingerprint density at radius 3 is 2.14 bits per heavy atom. The number of H-pyrrole nitrogens is 1. The first-order chi connectivity index (χ1) is 17.6. The van der Waals surface area contributed by atoms with E-state index in [2.05, 4.69) is 15.3 Å². The van der Waals surface area contributed by atoms with Gasteiger partial charge in [0.2, 0.25) is 0 Å². The summed E-state index contributed by atoms with van der Waals surface area (Å²) in [7, 11) is -4.61. The molecule has 0 aliphatic heterocycles. The van der Waals surface area contributed by atoms with Crippen molar-refractivity contribution < 1.29 is 18.1 Å². The minimum absolute atomic E-state index is 0.00626. The molecule has 0 bridgehead atoms. The molecule has 10 heteroatoms. The van der Waals surface area contributed by atoms with Crippen LogP contribution in [0, 0.1) is 13.8 Å². The van der Waals surface area contributed by atoms with E-state index in [4.69, 9.17) is 0 Å². The Morgan fingerprint density at radius 1 is 0.811 bits per heavy atom. The van der Waals surface area contributed by atoms with E-state index in [1.54, 1.807) is 18.2 Å². The standard InChI is InChI=1S/C27H22N4O5S/c1-16-12-13-19(14-17(16)2)31-27(33)26(24(30-31)18-8-4-3-5-9-18)29-28-25-21-11-7-6-10-20(21)23(15-22(25)32)37(34,35)36/h3-15,30,32H,1-2H3,(H,34,35,36). The van der Waals surface area contributed by atoms with Gasteiger partial charge in [0.15, 0.2) is 5.69 Å². The molecule has 0 aliphatic carbocycles. The van der Waals surface area contributed by atoms with Gasteiger partial charge in [0, 0.05) is 22.4 Å². The van der Waals surface area contributed by atoms with Crippen molar-refractivity contribution in [2.75, 3.05) is 0 Å². The van der Waals surface area contributed by atoms with Crippen LogP contribution in [0.4, 0.5) is 11.4 Å². The molecule has 5 rings (SSSR count). The van der Waals surface area contributed by atoms with E-state index in [1.807, 2.05) is 62.4 Å². The summed E-state index contributed by atoms with van der Waals surface area (Å²) < 4.78 is 34.7.